The lowest BCUT2D eigenvalue weighted by atomic mass is 10.1. The molecule has 0 N–H and O–H groups in total. The lowest BCUT2D eigenvalue weighted by Crippen LogP contribution is -2.51. The van der Waals surface area contributed by atoms with E-state index in [4.69, 9.17) is 16.1 Å². The Labute approximate surface area is 151 Å². The normalized spacial score (nSPS) is 14.9. The highest BCUT2D eigenvalue weighted by molar-refractivity contribution is 6.30. The molecule has 1 fully saturated rings. The van der Waals surface area contributed by atoms with Crippen molar-refractivity contribution in [2.45, 2.75) is 13.8 Å². The van der Waals surface area contributed by atoms with Crippen molar-refractivity contribution < 1.29 is 14.1 Å². The van der Waals surface area contributed by atoms with Crippen molar-refractivity contribution >= 4 is 23.4 Å². The van der Waals surface area contributed by atoms with Crippen LogP contribution in [0.5, 0.6) is 0 Å². The lowest BCUT2D eigenvalue weighted by molar-refractivity contribution is -0.135. The van der Waals surface area contributed by atoms with Crippen LogP contribution in [0.3, 0.4) is 0 Å². The molecule has 0 unspecified atom stereocenters. The van der Waals surface area contributed by atoms with Gasteiger partial charge in [0.25, 0.3) is 5.91 Å². The smallest absolute Gasteiger partial charge is 0.276 e. The Morgan fingerprint density at radius 1 is 1.08 bits per heavy atom. The largest absolute Gasteiger partial charge is 0.355 e. The van der Waals surface area contributed by atoms with Gasteiger partial charge in [-0.2, -0.15) is 0 Å². The first-order valence-corrected chi connectivity index (χ1v) is 8.64. The molecule has 0 saturated carbocycles. The van der Waals surface area contributed by atoms with Crippen LogP contribution in [-0.4, -0.2) is 52.9 Å². The molecule has 3 rings (SSSR count). The minimum Gasteiger partial charge on any atom is -0.355 e. The Kier molecular flexibility index (Phi) is 5.08. The summed E-state index contributed by atoms with van der Waals surface area (Å²) in [6, 6.07) is 8.77. The number of piperazine rings is 1. The summed E-state index contributed by atoms with van der Waals surface area (Å²) in [6.45, 7) is 5.86. The van der Waals surface area contributed by atoms with Gasteiger partial charge in [-0.3, -0.25) is 9.59 Å². The quantitative estimate of drug-likeness (QED) is 0.843. The van der Waals surface area contributed by atoms with Crippen LogP contribution in [0.15, 0.2) is 34.9 Å². The summed E-state index contributed by atoms with van der Waals surface area (Å²) < 4.78 is 5.29. The Bertz CT molecular complexity index is 762. The molecule has 2 aromatic rings. The van der Waals surface area contributed by atoms with Crippen molar-refractivity contribution in [3.05, 3.63) is 41.0 Å². The molecular formula is C18H20ClN3O3. The van der Waals surface area contributed by atoms with Gasteiger partial charge in [0, 0.05) is 48.7 Å². The van der Waals surface area contributed by atoms with Crippen LogP contribution in [0.2, 0.25) is 5.02 Å². The van der Waals surface area contributed by atoms with E-state index in [-0.39, 0.29) is 23.4 Å². The topological polar surface area (TPSA) is 66.7 Å². The summed E-state index contributed by atoms with van der Waals surface area (Å²) in [7, 11) is 0. The number of carbonyl (C=O) groups is 2. The maximum absolute atomic E-state index is 12.6. The first kappa shape index (κ1) is 17.5. The predicted octanol–water partition coefficient (Wildman–Crippen LogP) is 2.94. The number of amides is 2. The molecule has 0 aliphatic carbocycles. The molecule has 1 aliphatic rings. The maximum Gasteiger partial charge on any atom is 0.276 e. The molecule has 0 radical (unpaired) electrons. The molecule has 0 atom stereocenters. The van der Waals surface area contributed by atoms with E-state index in [1.165, 1.54) is 0 Å². The number of aromatic nitrogens is 1. The first-order chi connectivity index (χ1) is 12.0. The lowest BCUT2D eigenvalue weighted by Gasteiger charge is -2.35. The summed E-state index contributed by atoms with van der Waals surface area (Å²) >= 11 is 5.87. The Morgan fingerprint density at radius 2 is 1.68 bits per heavy atom. The van der Waals surface area contributed by atoms with Crippen molar-refractivity contribution in [3.63, 3.8) is 0 Å². The predicted molar refractivity (Wildman–Crippen MR) is 94.3 cm³/mol. The second-order valence-electron chi connectivity index (χ2n) is 6.36. The monoisotopic (exact) mass is 361 g/mol. The molecule has 1 aromatic heterocycles. The average Bonchev–Trinajstić information content (AvgIpc) is 3.11. The molecule has 7 heteroatoms. The second-order valence-corrected chi connectivity index (χ2v) is 6.79. The van der Waals surface area contributed by atoms with Gasteiger partial charge in [0.2, 0.25) is 5.91 Å². The van der Waals surface area contributed by atoms with Crippen molar-refractivity contribution in [2.24, 2.45) is 5.92 Å². The van der Waals surface area contributed by atoms with E-state index in [0.717, 1.165) is 5.56 Å². The van der Waals surface area contributed by atoms with Crippen molar-refractivity contribution in [2.75, 3.05) is 26.2 Å². The van der Waals surface area contributed by atoms with E-state index in [2.05, 4.69) is 5.16 Å². The van der Waals surface area contributed by atoms with E-state index in [0.29, 0.717) is 37.0 Å². The van der Waals surface area contributed by atoms with Gasteiger partial charge in [-0.15, -0.1) is 0 Å². The number of halogens is 1. The van der Waals surface area contributed by atoms with Crippen LogP contribution < -0.4 is 0 Å². The third-order valence-corrected chi connectivity index (χ3v) is 4.48. The highest BCUT2D eigenvalue weighted by Crippen LogP contribution is 2.23. The molecule has 2 heterocycles. The molecule has 1 aliphatic heterocycles. The molecular weight excluding hydrogens is 342 g/mol. The van der Waals surface area contributed by atoms with Crippen LogP contribution in [0.25, 0.3) is 11.3 Å². The molecule has 1 aromatic carbocycles. The van der Waals surface area contributed by atoms with E-state index in [1.54, 1.807) is 28.0 Å². The Hall–Kier alpha value is -2.34. The number of hydrogen-bond donors (Lipinski definition) is 0. The Balaban J connectivity index is 1.65. The van der Waals surface area contributed by atoms with E-state index in [9.17, 15) is 9.59 Å². The van der Waals surface area contributed by atoms with Crippen molar-refractivity contribution in [3.8, 4) is 11.3 Å². The fourth-order valence-electron chi connectivity index (χ4n) is 2.78. The van der Waals surface area contributed by atoms with Crippen LogP contribution in [0.1, 0.15) is 24.3 Å². The third-order valence-electron chi connectivity index (χ3n) is 4.23. The molecule has 0 spiro atoms. The van der Waals surface area contributed by atoms with Crippen LogP contribution in [0.4, 0.5) is 0 Å². The van der Waals surface area contributed by atoms with E-state index >= 15 is 0 Å². The highest BCUT2D eigenvalue weighted by atomic mass is 35.5. The van der Waals surface area contributed by atoms with Crippen molar-refractivity contribution in [1.29, 1.82) is 0 Å². The second kappa shape index (κ2) is 7.27. The van der Waals surface area contributed by atoms with Gasteiger partial charge in [-0.1, -0.05) is 30.6 Å². The number of rotatable bonds is 3. The number of hydrogen-bond acceptors (Lipinski definition) is 4. The number of benzene rings is 1. The molecule has 132 valence electrons. The molecule has 1 saturated heterocycles. The van der Waals surface area contributed by atoms with Gasteiger partial charge in [-0.25, -0.2) is 0 Å². The van der Waals surface area contributed by atoms with Gasteiger partial charge >= 0.3 is 0 Å². The van der Waals surface area contributed by atoms with Crippen LogP contribution >= 0.6 is 11.6 Å². The molecule has 6 nitrogen and oxygen atoms in total. The standard InChI is InChI=1S/C18H20ClN3O3/c1-12(2)17(23)21-7-9-22(10-8-21)18(24)15-11-16(25-20-15)13-3-5-14(19)6-4-13/h3-6,11-12H,7-10H2,1-2H3. The van der Waals surface area contributed by atoms with E-state index < -0.39 is 0 Å². The van der Waals surface area contributed by atoms with Gasteiger partial charge in [-0.05, 0) is 24.3 Å². The van der Waals surface area contributed by atoms with Gasteiger partial charge < -0.3 is 14.3 Å². The average molecular weight is 362 g/mol. The van der Waals surface area contributed by atoms with E-state index in [1.807, 2.05) is 26.0 Å². The molecule has 25 heavy (non-hydrogen) atoms. The maximum atomic E-state index is 12.6. The zero-order valence-corrected chi connectivity index (χ0v) is 15.0. The van der Waals surface area contributed by atoms with Gasteiger partial charge in [0.05, 0.1) is 0 Å². The van der Waals surface area contributed by atoms with Crippen LogP contribution in [-0.2, 0) is 4.79 Å². The van der Waals surface area contributed by atoms with Gasteiger partial charge in [0.15, 0.2) is 11.5 Å². The first-order valence-electron chi connectivity index (χ1n) is 8.26. The summed E-state index contributed by atoms with van der Waals surface area (Å²) in [5, 5.41) is 4.53. The minimum atomic E-state index is -0.180. The summed E-state index contributed by atoms with van der Waals surface area (Å²) in [4.78, 5) is 28.1. The third kappa shape index (κ3) is 3.85. The summed E-state index contributed by atoms with van der Waals surface area (Å²) in [5.41, 5.74) is 1.08. The number of nitrogens with zero attached hydrogens (tertiary/aromatic N) is 3. The minimum absolute atomic E-state index is 0.0280. The zero-order chi connectivity index (χ0) is 18.0. The molecule has 2 amide bonds. The molecule has 0 bridgehead atoms. The van der Waals surface area contributed by atoms with Crippen LogP contribution in [0, 0.1) is 5.92 Å². The van der Waals surface area contributed by atoms with Gasteiger partial charge in [0.1, 0.15) is 0 Å². The van der Waals surface area contributed by atoms with Crippen molar-refractivity contribution in [1.82, 2.24) is 15.0 Å². The zero-order valence-electron chi connectivity index (χ0n) is 14.2. The summed E-state index contributed by atoms with van der Waals surface area (Å²) in [5.74, 6) is 0.438. The fourth-order valence-corrected chi connectivity index (χ4v) is 2.91. The highest BCUT2D eigenvalue weighted by Gasteiger charge is 2.27. The Morgan fingerprint density at radius 3 is 2.28 bits per heavy atom. The fraction of sp³-hybridized carbons (Fsp3) is 0.389. The SMILES string of the molecule is CC(C)C(=O)N1CCN(C(=O)c2cc(-c3ccc(Cl)cc3)on2)CC1. The number of carbonyl (C=O) groups excluding carboxylic acids is 2. The summed E-state index contributed by atoms with van der Waals surface area (Å²) in [6.07, 6.45) is 0.